The zero-order valence-electron chi connectivity index (χ0n) is 12.2. The summed E-state index contributed by atoms with van der Waals surface area (Å²) in [7, 11) is 0. The van der Waals surface area contributed by atoms with E-state index >= 15 is 0 Å². The molecule has 106 valence electrons. The Morgan fingerprint density at radius 1 is 1.37 bits per heavy atom. The van der Waals surface area contributed by atoms with Crippen LogP contribution in [0.1, 0.15) is 45.6 Å². The fourth-order valence-electron chi connectivity index (χ4n) is 2.92. The molecule has 0 aromatic carbocycles. The lowest BCUT2D eigenvalue weighted by Gasteiger charge is -2.37. The van der Waals surface area contributed by atoms with Crippen LogP contribution in [0, 0.1) is 24.7 Å². The second kappa shape index (κ2) is 6.08. The quantitative estimate of drug-likeness (QED) is 0.776. The lowest BCUT2D eigenvalue weighted by molar-refractivity contribution is 0.0420. The number of aromatic nitrogens is 2. The Bertz CT molecular complexity index is 436. The van der Waals surface area contributed by atoms with Gasteiger partial charge in [-0.2, -0.15) is 4.98 Å². The van der Waals surface area contributed by atoms with Crippen molar-refractivity contribution in [3.05, 3.63) is 17.0 Å². The van der Waals surface area contributed by atoms with Crippen molar-refractivity contribution in [3.8, 4) is 5.88 Å². The predicted octanol–water partition coefficient (Wildman–Crippen LogP) is 4.28. The predicted molar refractivity (Wildman–Crippen MR) is 77.5 cm³/mol. The summed E-state index contributed by atoms with van der Waals surface area (Å²) in [4.78, 5) is 8.19. The Balaban J connectivity index is 2.16. The molecule has 0 N–H and O–H groups in total. The molecular weight excluding hydrogens is 260 g/mol. The summed E-state index contributed by atoms with van der Waals surface area (Å²) in [6.45, 7) is 8.81. The highest BCUT2D eigenvalue weighted by Crippen LogP contribution is 2.36. The maximum Gasteiger partial charge on any atom is 0.225 e. The highest BCUT2D eigenvalue weighted by molar-refractivity contribution is 6.28. The van der Waals surface area contributed by atoms with Gasteiger partial charge in [0.2, 0.25) is 11.2 Å². The molecule has 1 fully saturated rings. The molecule has 0 bridgehead atoms. The first-order valence-electron chi connectivity index (χ1n) is 7.13. The van der Waals surface area contributed by atoms with E-state index in [1.54, 1.807) is 6.20 Å². The van der Waals surface area contributed by atoms with Crippen LogP contribution in [0.15, 0.2) is 6.20 Å². The van der Waals surface area contributed by atoms with Gasteiger partial charge in [0.15, 0.2) is 0 Å². The number of aryl methyl sites for hydroxylation is 1. The Labute approximate surface area is 120 Å². The molecule has 0 saturated heterocycles. The summed E-state index contributed by atoms with van der Waals surface area (Å²) in [5, 5.41) is 0.255. The molecular formula is C15H23ClN2O. The highest BCUT2D eigenvalue weighted by atomic mass is 35.5. The molecule has 1 saturated carbocycles. The van der Waals surface area contributed by atoms with Gasteiger partial charge in [-0.05, 0) is 49.1 Å². The van der Waals surface area contributed by atoms with Crippen LogP contribution in [0.5, 0.6) is 5.88 Å². The highest BCUT2D eigenvalue weighted by Gasteiger charge is 2.32. The van der Waals surface area contributed by atoms with Crippen LogP contribution in [0.4, 0.5) is 0 Å². The minimum Gasteiger partial charge on any atom is -0.474 e. The van der Waals surface area contributed by atoms with Crippen LogP contribution in [0.2, 0.25) is 5.28 Å². The van der Waals surface area contributed by atoms with Crippen molar-refractivity contribution in [1.29, 1.82) is 0 Å². The van der Waals surface area contributed by atoms with E-state index in [9.17, 15) is 0 Å². The van der Waals surface area contributed by atoms with E-state index in [0.717, 1.165) is 17.9 Å². The number of halogens is 1. The third-order valence-electron chi connectivity index (χ3n) is 4.12. The van der Waals surface area contributed by atoms with Crippen LogP contribution >= 0.6 is 11.6 Å². The third kappa shape index (κ3) is 3.59. The molecule has 1 aliphatic rings. The SMILES string of the molecule is Cc1cnc(Cl)nc1OC1CC(C)CCC1C(C)C. The maximum absolute atomic E-state index is 6.18. The van der Waals surface area contributed by atoms with Gasteiger partial charge >= 0.3 is 0 Å². The van der Waals surface area contributed by atoms with Crippen LogP contribution in [-0.4, -0.2) is 16.1 Å². The molecule has 3 atom stereocenters. The molecule has 3 unspecified atom stereocenters. The van der Waals surface area contributed by atoms with Crippen molar-refractivity contribution < 1.29 is 4.74 Å². The van der Waals surface area contributed by atoms with Crippen molar-refractivity contribution in [1.82, 2.24) is 9.97 Å². The van der Waals surface area contributed by atoms with Gasteiger partial charge in [-0.25, -0.2) is 4.98 Å². The standard InChI is InChI=1S/C15H23ClN2O/c1-9(2)12-6-5-10(3)7-13(12)19-14-11(4)8-17-15(16)18-14/h8-10,12-13H,5-7H2,1-4H3. The molecule has 1 aliphatic carbocycles. The Kier molecular flexibility index (Phi) is 4.67. The third-order valence-corrected chi connectivity index (χ3v) is 4.30. The Hall–Kier alpha value is -0.830. The average molecular weight is 283 g/mol. The number of ether oxygens (including phenoxy) is 1. The van der Waals surface area contributed by atoms with Crippen LogP contribution < -0.4 is 4.74 Å². The fourth-order valence-corrected chi connectivity index (χ4v) is 3.04. The zero-order chi connectivity index (χ0) is 14.0. The van der Waals surface area contributed by atoms with Crippen LogP contribution in [0.25, 0.3) is 0 Å². The monoisotopic (exact) mass is 282 g/mol. The first kappa shape index (κ1) is 14.6. The molecule has 1 aromatic heterocycles. The molecule has 0 amide bonds. The fraction of sp³-hybridized carbons (Fsp3) is 0.733. The van der Waals surface area contributed by atoms with E-state index in [-0.39, 0.29) is 11.4 Å². The van der Waals surface area contributed by atoms with Gasteiger partial charge in [-0.15, -0.1) is 0 Å². The molecule has 19 heavy (non-hydrogen) atoms. The minimum atomic E-state index is 0.244. The van der Waals surface area contributed by atoms with E-state index in [4.69, 9.17) is 16.3 Å². The van der Waals surface area contributed by atoms with E-state index in [2.05, 4.69) is 30.7 Å². The minimum absolute atomic E-state index is 0.244. The van der Waals surface area contributed by atoms with Gasteiger partial charge in [0.1, 0.15) is 6.10 Å². The van der Waals surface area contributed by atoms with E-state index in [1.807, 2.05) is 6.92 Å². The van der Waals surface area contributed by atoms with Crippen molar-refractivity contribution in [2.24, 2.45) is 17.8 Å². The van der Waals surface area contributed by atoms with Crippen molar-refractivity contribution in [3.63, 3.8) is 0 Å². The first-order chi connectivity index (χ1) is 8.97. The first-order valence-corrected chi connectivity index (χ1v) is 7.51. The van der Waals surface area contributed by atoms with Gasteiger partial charge in [-0.1, -0.05) is 27.2 Å². The summed E-state index contributed by atoms with van der Waals surface area (Å²) in [6, 6.07) is 0. The molecule has 0 aliphatic heterocycles. The van der Waals surface area contributed by atoms with Gasteiger partial charge in [-0.3, -0.25) is 0 Å². The topological polar surface area (TPSA) is 35.0 Å². The van der Waals surface area contributed by atoms with Gasteiger partial charge in [0, 0.05) is 11.8 Å². The van der Waals surface area contributed by atoms with Crippen LogP contribution in [0.3, 0.4) is 0 Å². The lowest BCUT2D eigenvalue weighted by Crippen LogP contribution is -2.36. The molecule has 1 heterocycles. The number of nitrogens with zero attached hydrogens (tertiary/aromatic N) is 2. The zero-order valence-corrected chi connectivity index (χ0v) is 12.9. The largest absolute Gasteiger partial charge is 0.474 e. The second-order valence-corrected chi connectivity index (χ2v) is 6.45. The number of hydrogen-bond acceptors (Lipinski definition) is 3. The molecule has 4 heteroatoms. The molecule has 0 spiro atoms. The normalized spacial score (nSPS) is 27.6. The maximum atomic E-state index is 6.18. The summed E-state index contributed by atoms with van der Waals surface area (Å²) >= 11 is 5.86. The van der Waals surface area contributed by atoms with Gasteiger partial charge in [0.05, 0.1) is 0 Å². The number of hydrogen-bond donors (Lipinski definition) is 0. The molecule has 1 aromatic rings. The van der Waals surface area contributed by atoms with Crippen molar-refractivity contribution >= 4 is 11.6 Å². The summed E-state index contributed by atoms with van der Waals surface area (Å²) in [5.41, 5.74) is 0.949. The summed E-state index contributed by atoms with van der Waals surface area (Å²) in [6.07, 6.45) is 5.60. The number of rotatable bonds is 3. The van der Waals surface area contributed by atoms with E-state index in [1.165, 1.54) is 12.8 Å². The summed E-state index contributed by atoms with van der Waals surface area (Å²) < 4.78 is 6.18. The van der Waals surface area contributed by atoms with E-state index in [0.29, 0.717) is 17.7 Å². The average Bonchev–Trinajstić information content (AvgIpc) is 2.33. The molecule has 0 radical (unpaired) electrons. The van der Waals surface area contributed by atoms with E-state index < -0.39 is 0 Å². The van der Waals surface area contributed by atoms with Crippen molar-refractivity contribution in [2.45, 2.75) is 53.1 Å². The Morgan fingerprint density at radius 3 is 2.79 bits per heavy atom. The van der Waals surface area contributed by atoms with Crippen LogP contribution in [-0.2, 0) is 0 Å². The van der Waals surface area contributed by atoms with Gasteiger partial charge < -0.3 is 4.74 Å². The smallest absolute Gasteiger partial charge is 0.225 e. The summed E-state index contributed by atoms with van der Waals surface area (Å²) in [5.74, 6) is 2.60. The lowest BCUT2D eigenvalue weighted by atomic mass is 9.75. The van der Waals surface area contributed by atoms with Crippen molar-refractivity contribution in [2.75, 3.05) is 0 Å². The second-order valence-electron chi connectivity index (χ2n) is 6.11. The molecule has 2 rings (SSSR count). The molecule has 3 nitrogen and oxygen atoms in total. The Morgan fingerprint density at radius 2 is 2.11 bits per heavy atom. The van der Waals surface area contributed by atoms with Gasteiger partial charge in [0.25, 0.3) is 0 Å².